The molecule has 0 saturated heterocycles. The van der Waals surface area contributed by atoms with E-state index >= 15 is 0 Å². The first-order valence-electron chi connectivity index (χ1n) is 6.29. The maximum Gasteiger partial charge on any atom is 0.191 e. The van der Waals surface area contributed by atoms with Crippen molar-refractivity contribution in [2.75, 3.05) is 4.90 Å². The lowest BCUT2D eigenvalue weighted by Crippen LogP contribution is -2.33. The molecule has 0 amide bonds. The number of para-hydroxylation sites is 1. The lowest BCUT2D eigenvalue weighted by Gasteiger charge is -2.35. The van der Waals surface area contributed by atoms with Gasteiger partial charge in [0.1, 0.15) is 5.15 Å². The number of hydrogen-bond donors (Lipinski definition) is 0. The molecule has 0 fully saturated rings. The molecule has 1 aliphatic heterocycles. The molecule has 1 aliphatic rings. The van der Waals surface area contributed by atoms with Crippen molar-refractivity contribution < 1.29 is 0 Å². The van der Waals surface area contributed by atoms with Crippen molar-refractivity contribution in [3.63, 3.8) is 0 Å². The Bertz CT molecular complexity index is 597. The van der Waals surface area contributed by atoms with E-state index in [-0.39, 0.29) is 0 Å². The Kier molecular flexibility index (Phi) is 3.70. The van der Waals surface area contributed by atoms with Gasteiger partial charge in [0.15, 0.2) is 5.13 Å². The number of fused-ring (bicyclic) bond motifs is 1. The smallest absolute Gasteiger partial charge is 0.191 e. The Labute approximate surface area is 127 Å². The molecule has 100 valence electrons. The van der Waals surface area contributed by atoms with Gasteiger partial charge < -0.3 is 4.90 Å². The summed E-state index contributed by atoms with van der Waals surface area (Å²) in [6, 6.07) is 8.93. The molecule has 0 N–H and O–H groups in total. The van der Waals surface area contributed by atoms with Crippen molar-refractivity contribution >= 4 is 45.4 Å². The number of thiazole rings is 1. The van der Waals surface area contributed by atoms with Gasteiger partial charge in [0.05, 0.1) is 10.8 Å². The summed E-state index contributed by atoms with van der Waals surface area (Å²) in [4.78, 5) is 7.70. The van der Waals surface area contributed by atoms with Crippen LogP contribution in [0.15, 0.2) is 24.3 Å². The minimum absolute atomic E-state index is 0.417. The fraction of sp³-hybridized carbons (Fsp3) is 0.357. The molecule has 1 aromatic heterocycles. The molecule has 0 radical (unpaired) electrons. The van der Waals surface area contributed by atoms with Crippen molar-refractivity contribution in [1.82, 2.24) is 4.98 Å². The van der Waals surface area contributed by atoms with Gasteiger partial charge in [-0.25, -0.2) is 4.98 Å². The first-order valence-corrected chi connectivity index (χ1v) is 8.02. The average molecular weight is 313 g/mol. The quantitative estimate of drug-likeness (QED) is 0.725. The first kappa shape index (κ1) is 13.2. The number of aromatic nitrogens is 1. The van der Waals surface area contributed by atoms with Crippen molar-refractivity contribution in [3.8, 4) is 0 Å². The third-order valence-electron chi connectivity index (χ3n) is 3.49. The van der Waals surface area contributed by atoms with Crippen molar-refractivity contribution in [2.24, 2.45) is 0 Å². The summed E-state index contributed by atoms with van der Waals surface area (Å²) in [6.07, 6.45) is 2.25. The molecule has 0 saturated carbocycles. The van der Waals surface area contributed by atoms with Crippen LogP contribution in [0.2, 0.25) is 5.15 Å². The molecule has 0 aliphatic carbocycles. The molecule has 2 aromatic rings. The zero-order chi connectivity index (χ0) is 13.4. The lowest BCUT2D eigenvalue weighted by molar-refractivity contribution is 0.617. The summed E-state index contributed by atoms with van der Waals surface area (Å²) in [5.74, 6) is 0.417. The number of anilines is 2. The van der Waals surface area contributed by atoms with E-state index in [1.54, 1.807) is 11.3 Å². The summed E-state index contributed by atoms with van der Waals surface area (Å²) in [7, 11) is 0. The molecule has 1 atom stereocenters. The Morgan fingerprint density at radius 3 is 2.95 bits per heavy atom. The lowest BCUT2D eigenvalue weighted by atomic mass is 9.97. The summed E-state index contributed by atoms with van der Waals surface area (Å²) >= 11 is 13.6. The van der Waals surface area contributed by atoms with Gasteiger partial charge in [-0.3, -0.25) is 0 Å². The van der Waals surface area contributed by atoms with Gasteiger partial charge in [-0.15, -0.1) is 11.6 Å². The predicted molar refractivity (Wildman–Crippen MR) is 83.0 cm³/mol. The van der Waals surface area contributed by atoms with E-state index in [4.69, 9.17) is 23.2 Å². The van der Waals surface area contributed by atoms with E-state index in [9.17, 15) is 0 Å². The van der Waals surface area contributed by atoms with Crippen LogP contribution in [-0.4, -0.2) is 11.0 Å². The minimum Gasteiger partial charge on any atom is -0.315 e. The Morgan fingerprint density at radius 1 is 1.42 bits per heavy atom. The largest absolute Gasteiger partial charge is 0.315 e. The highest BCUT2D eigenvalue weighted by molar-refractivity contribution is 7.16. The summed E-state index contributed by atoms with van der Waals surface area (Å²) in [6.45, 7) is 2.23. The van der Waals surface area contributed by atoms with Gasteiger partial charge in [-0.05, 0) is 31.4 Å². The van der Waals surface area contributed by atoms with Crippen LogP contribution in [0.4, 0.5) is 10.8 Å². The fourth-order valence-electron chi connectivity index (χ4n) is 2.49. The first-order chi connectivity index (χ1) is 9.20. The number of alkyl halides is 1. The van der Waals surface area contributed by atoms with Gasteiger partial charge in [0, 0.05) is 11.7 Å². The number of aryl methyl sites for hydroxylation is 1. The zero-order valence-electron chi connectivity index (χ0n) is 10.6. The summed E-state index contributed by atoms with van der Waals surface area (Å²) < 4.78 is 0. The van der Waals surface area contributed by atoms with Crippen LogP contribution >= 0.6 is 34.5 Å². The van der Waals surface area contributed by atoms with Crippen LogP contribution in [0.3, 0.4) is 0 Å². The van der Waals surface area contributed by atoms with Gasteiger partial charge in [-0.2, -0.15) is 0 Å². The van der Waals surface area contributed by atoms with Gasteiger partial charge in [0.2, 0.25) is 0 Å². The molecule has 3 rings (SSSR count). The Morgan fingerprint density at radius 2 is 2.21 bits per heavy atom. The third-order valence-corrected chi connectivity index (χ3v) is 5.39. The summed E-state index contributed by atoms with van der Waals surface area (Å²) in [5.41, 5.74) is 2.62. The average Bonchev–Trinajstić information content (AvgIpc) is 2.79. The van der Waals surface area contributed by atoms with Gasteiger partial charge in [-0.1, -0.05) is 41.1 Å². The van der Waals surface area contributed by atoms with Gasteiger partial charge in [0.25, 0.3) is 0 Å². The van der Waals surface area contributed by atoms with Crippen molar-refractivity contribution in [3.05, 3.63) is 39.9 Å². The number of nitrogens with zero attached hydrogens (tertiary/aromatic N) is 2. The highest BCUT2D eigenvalue weighted by atomic mass is 35.5. The topological polar surface area (TPSA) is 16.1 Å². The third kappa shape index (κ3) is 2.35. The second kappa shape index (κ2) is 5.31. The van der Waals surface area contributed by atoms with E-state index < -0.39 is 0 Å². The van der Waals surface area contributed by atoms with Crippen molar-refractivity contribution in [2.45, 2.75) is 31.7 Å². The van der Waals surface area contributed by atoms with Crippen LogP contribution in [0.25, 0.3) is 0 Å². The van der Waals surface area contributed by atoms with Crippen LogP contribution in [-0.2, 0) is 12.3 Å². The van der Waals surface area contributed by atoms with E-state index in [1.807, 2.05) is 0 Å². The molecular formula is C14H14Cl2N2S. The minimum atomic E-state index is 0.417. The fourth-order valence-corrected chi connectivity index (χ4v) is 4.08. The van der Waals surface area contributed by atoms with Gasteiger partial charge >= 0.3 is 0 Å². The van der Waals surface area contributed by atoms with Crippen LogP contribution in [0.5, 0.6) is 0 Å². The van der Waals surface area contributed by atoms with Crippen LogP contribution in [0, 0.1) is 0 Å². The maximum absolute atomic E-state index is 6.13. The number of rotatable bonds is 2. The molecule has 2 nitrogen and oxygen atoms in total. The SMILES string of the molecule is CC1CCc2ccccc2N1c1nc(Cl)c(CCl)s1. The maximum atomic E-state index is 6.13. The number of halogens is 2. The Balaban J connectivity index is 2.07. The van der Waals surface area contributed by atoms with Crippen LogP contribution in [0.1, 0.15) is 23.8 Å². The highest BCUT2D eigenvalue weighted by Crippen LogP contribution is 2.40. The molecule has 0 bridgehead atoms. The Hall–Kier alpha value is -0.770. The monoisotopic (exact) mass is 312 g/mol. The number of hydrogen-bond acceptors (Lipinski definition) is 3. The zero-order valence-corrected chi connectivity index (χ0v) is 12.9. The highest BCUT2D eigenvalue weighted by Gasteiger charge is 2.27. The predicted octanol–water partition coefficient (Wildman–Crippen LogP) is 5.01. The second-order valence-corrected chi connectivity index (χ2v) is 6.42. The van der Waals surface area contributed by atoms with E-state index in [1.165, 1.54) is 11.3 Å². The molecule has 0 spiro atoms. The number of benzene rings is 1. The second-order valence-electron chi connectivity index (χ2n) is 4.73. The summed E-state index contributed by atoms with van der Waals surface area (Å²) in [5, 5.41) is 1.48. The molecule has 5 heteroatoms. The molecule has 2 heterocycles. The van der Waals surface area contributed by atoms with E-state index in [0.29, 0.717) is 17.1 Å². The molecular weight excluding hydrogens is 299 g/mol. The van der Waals surface area contributed by atoms with E-state index in [0.717, 1.165) is 22.9 Å². The molecule has 1 aromatic carbocycles. The normalized spacial score (nSPS) is 18.5. The van der Waals surface area contributed by atoms with E-state index in [2.05, 4.69) is 41.1 Å². The molecule has 1 unspecified atom stereocenters. The standard InChI is InChI=1S/C14H14Cl2N2S/c1-9-6-7-10-4-2-3-5-11(10)18(9)14-17-13(16)12(8-15)19-14/h2-5,9H,6-8H2,1H3. The van der Waals surface area contributed by atoms with Crippen molar-refractivity contribution in [1.29, 1.82) is 0 Å². The van der Waals surface area contributed by atoms with Crippen LogP contribution < -0.4 is 4.90 Å². The molecule has 19 heavy (non-hydrogen) atoms.